The lowest BCUT2D eigenvalue weighted by Gasteiger charge is -2.23. The molecule has 0 fully saturated rings. The Morgan fingerprint density at radius 3 is 2.91 bits per heavy atom. The summed E-state index contributed by atoms with van der Waals surface area (Å²) in [4.78, 5) is 24.2. The Labute approximate surface area is 136 Å². The van der Waals surface area contributed by atoms with Crippen molar-refractivity contribution >= 4 is 46.5 Å². The molecule has 1 aromatic carbocycles. The normalized spacial score (nSPS) is 16.9. The summed E-state index contributed by atoms with van der Waals surface area (Å²) in [5.41, 5.74) is 1.16. The average Bonchev–Trinajstić information content (AvgIpc) is 2.80. The Morgan fingerprint density at radius 2 is 2.18 bits per heavy atom. The molecule has 0 aliphatic carbocycles. The minimum atomic E-state index is -0.718. The maximum Gasteiger partial charge on any atom is 0.249 e. The Hall–Kier alpha value is -2.05. The summed E-state index contributed by atoms with van der Waals surface area (Å²) < 4.78 is 1.51. The lowest BCUT2D eigenvalue weighted by Crippen LogP contribution is -2.35. The number of aryl methyl sites for hydroxylation is 1. The van der Waals surface area contributed by atoms with E-state index in [1.165, 1.54) is 10.7 Å². The summed E-state index contributed by atoms with van der Waals surface area (Å²) in [6.07, 6.45) is 0.0190. The number of nitrogens with one attached hydrogen (secondary N) is 2. The van der Waals surface area contributed by atoms with Crippen molar-refractivity contribution in [3.63, 3.8) is 0 Å². The highest BCUT2D eigenvalue weighted by Gasteiger charge is 2.31. The van der Waals surface area contributed by atoms with Gasteiger partial charge in [0.25, 0.3) is 0 Å². The van der Waals surface area contributed by atoms with Gasteiger partial charge >= 0.3 is 0 Å². The van der Waals surface area contributed by atoms with Gasteiger partial charge in [0.05, 0.1) is 22.8 Å². The zero-order chi connectivity index (χ0) is 15.9. The molecule has 22 heavy (non-hydrogen) atoms. The smallest absolute Gasteiger partial charge is 0.249 e. The standard InChI is InChI=1S/C14H12Cl2N4O2/c1-7-4-12-18-13(21)6-11(20(12)19-7)14(22)17-10-3-2-8(15)5-9(10)16/h2-5,11H,6H2,1H3,(H,17,22)(H,18,21). The number of hydrogen-bond acceptors (Lipinski definition) is 3. The molecule has 0 spiro atoms. The van der Waals surface area contributed by atoms with Crippen LogP contribution in [0.4, 0.5) is 11.5 Å². The van der Waals surface area contributed by atoms with E-state index in [0.29, 0.717) is 21.6 Å². The van der Waals surface area contributed by atoms with E-state index >= 15 is 0 Å². The van der Waals surface area contributed by atoms with Gasteiger partial charge in [-0.05, 0) is 25.1 Å². The number of aromatic nitrogens is 2. The minimum Gasteiger partial charge on any atom is -0.323 e. The third-order valence-electron chi connectivity index (χ3n) is 3.29. The molecule has 6 nitrogen and oxygen atoms in total. The lowest BCUT2D eigenvalue weighted by atomic mass is 10.1. The second kappa shape index (κ2) is 5.62. The van der Waals surface area contributed by atoms with Crippen LogP contribution >= 0.6 is 23.2 Å². The first kappa shape index (κ1) is 14.9. The number of rotatable bonds is 2. The zero-order valence-corrected chi connectivity index (χ0v) is 13.1. The minimum absolute atomic E-state index is 0.0190. The molecule has 1 aliphatic heterocycles. The van der Waals surface area contributed by atoms with Crippen molar-refractivity contribution in [1.82, 2.24) is 9.78 Å². The van der Waals surface area contributed by atoms with Crippen LogP contribution in [-0.4, -0.2) is 21.6 Å². The number of hydrogen-bond donors (Lipinski definition) is 2. The molecule has 1 unspecified atom stereocenters. The number of carbonyl (C=O) groups excluding carboxylic acids is 2. The largest absolute Gasteiger partial charge is 0.323 e. The van der Waals surface area contributed by atoms with Crippen molar-refractivity contribution in [2.24, 2.45) is 0 Å². The molecule has 2 amide bonds. The van der Waals surface area contributed by atoms with E-state index in [0.717, 1.165) is 5.69 Å². The summed E-state index contributed by atoms with van der Waals surface area (Å²) in [5, 5.41) is 10.5. The summed E-state index contributed by atoms with van der Waals surface area (Å²) in [6, 6.07) is 5.77. The molecule has 1 aliphatic rings. The van der Waals surface area contributed by atoms with Gasteiger partial charge in [0.2, 0.25) is 11.8 Å². The molecule has 3 rings (SSSR count). The van der Waals surface area contributed by atoms with Gasteiger partial charge in [-0.25, -0.2) is 4.68 Å². The molecule has 0 radical (unpaired) electrons. The Balaban J connectivity index is 1.87. The SMILES string of the molecule is Cc1cc2n(n1)C(C(=O)Nc1ccc(Cl)cc1Cl)CC(=O)N2. The quantitative estimate of drug-likeness (QED) is 0.883. The number of nitrogens with zero attached hydrogens (tertiary/aromatic N) is 2. The van der Waals surface area contributed by atoms with Crippen LogP contribution in [0.15, 0.2) is 24.3 Å². The zero-order valence-electron chi connectivity index (χ0n) is 11.6. The van der Waals surface area contributed by atoms with Crippen LogP contribution in [-0.2, 0) is 9.59 Å². The van der Waals surface area contributed by atoms with Gasteiger partial charge in [0.1, 0.15) is 11.9 Å². The number of halogens is 2. The van der Waals surface area contributed by atoms with Crippen molar-refractivity contribution < 1.29 is 9.59 Å². The number of carbonyl (C=O) groups is 2. The molecule has 1 atom stereocenters. The van der Waals surface area contributed by atoms with Gasteiger partial charge in [-0.1, -0.05) is 23.2 Å². The van der Waals surface area contributed by atoms with Crippen LogP contribution in [0.3, 0.4) is 0 Å². The highest BCUT2D eigenvalue weighted by Crippen LogP contribution is 2.29. The first-order valence-electron chi connectivity index (χ1n) is 6.56. The predicted octanol–water partition coefficient (Wildman–Crippen LogP) is 3.02. The maximum absolute atomic E-state index is 12.5. The molecule has 2 heterocycles. The van der Waals surface area contributed by atoms with Crippen LogP contribution < -0.4 is 10.6 Å². The number of fused-ring (bicyclic) bond motifs is 1. The molecule has 2 N–H and O–H groups in total. The van der Waals surface area contributed by atoms with E-state index in [1.54, 1.807) is 25.1 Å². The number of amides is 2. The monoisotopic (exact) mass is 338 g/mol. The highest BCUT2D eigenvalue weighted by atomic mass is 35.5. The van der Waals surface area contributed by atoms with E-state index in [4.69, 9.17) is 23.2 Å². The Bertz CT molecular complexity index is 772. The number of benzene rings is 1. The van der Waals surface area contributed by atoms with Crippen LogP contribution in [0, 0.1) is 6.92 Å². The fourth-order valence-corrected chi connectivity index (χ4v) is 2.77. The maximum atomic E-state index is 12.5. The molecule has 1 aromatic heterocycles. The van der Waals surface area contributed by atoms with E-state index in [9.17, 15) is 9.59 Å². The topological polar surface area (TPSA) is 76.0 Å². The van der Waals surface area contributed by atoms with Crippen LogP contribution in [0.2, 0.25) is 10.0 Å². The summed E-state index contributed by atoms with van der Waals surface area (Å²) in [5.74, 6) is -0.0747. The molecular formula is C14H12Cl2N4O2. The van der Waals surface area contributed by atoms with Crippen molar-refractivity contribution in [1.29, 1.82) is 0 Å². The van der Waals surface area contributed by atoms with Crippen LogP contribution in [0.25, 0.3) is 0 Å². The molecule has 114 valence electrons. The fraction of sp³-hybridized carbons (Fsp3) is 0.214. The van der Waals surface area contributed by atoms with Crippen LogP contribution in [0.1, 0.15) is 18.2 Å². The molecule has 0 saturated heterocycles. The van der Waals surface area contributed by atoms with Gasteiger partial charge < -0.3 is 10.6 Å². The molecule has 2 aromatic rings. The third-order valence-corrected chi connectivity index (χ3v) is 3.84. The van der Waals surface area contributed by atoms with Gasteiger partial charge in [-0.2, -0.15) is 5.10 Å². The van der Waals surface area contributed by atoms with Crippen molar-refractivity contribution in [3.05, 3.63) is 40.0 Å². The van der Waals surface area contributed by atoms with E-state index in [2.05, 4.69) is 15.7 Å². The van der Waals surface area contributed by atoms with E-state index in [-0.39, 0.29) is 18.2 Å². The van der Waals surface area contributed by atoms with Gasteiger partial charge in [-0.15, -0.1) is 0 Å². The van der Waals surface area contributed by atoms with Crippen molar-refractivity contribution in [3.8, 4) is 0 Å². The summed E-state index contributed by atoms with van der Waals surface area (Å²) in [7, 11) is 0. The van der Waals surface area contributed by atoms with Crippen LogP contribution in [0.5, 0.6) is 0 Å². The molecule has 0 saturated carbocycles. The van der Waals surface area contributed by atoms with Gasteiger partial charge in [0, 0.05) is 11.1 Å². The fourth-order valence-electron chi connectivity index (χ4n) is 2.31. The molecule has 8 heteroatoms. The third kappa shape index (κ3) is 2.80. The van der Waals surface area contributed by atoms with E-state index < -0.39 is 6.04 Å². The van der Waals surface area contributed by atoms with Crippen molar-refractivity contribution in [2.45, 2.75) is 19.4 Å². The summed E-state index contributed by atoms with van der Waals surface area (Å²) >= 11 is 11.9. The molecular weight excluding hydrogens is 327 g/mol. The highest BCUT2D eigenvalue weighted by molar-refractivity contribution is 6.36. The van der Waals surface area contributed by atoms with E-state index in [1.807, 2.05) is 0 Å². The first-order chi connectivity index (χ1) is 10.4. The lowest BCUT2D eigenvalue weighted by molar-refractivity contribution is -0.125. The van der Waals surface area contributed by atoms with Gasteiger partial charge in [0.15, 0.2) is 0 Å². The second-order valence-corrected chi connectivity index (χ2v) is 5.84. The second-order valence-electron chi connectivity index (χ2n) is 5.00. The predicted molar refractivity (Wildman–Crippen MR) is 84.3 cm³/mol. The Morgan fingerprint density at radius 1 is 1.41 bits per heavy atom. The average molecular weight is 339 g/mol. The van der Waals surface area contributed by atoms with Gasteiger partial charge in [-0.3, -0.25) is 9.59 Å². The number of anilines is 2. The first-order valence-corrected chi connectivity index (χ1v) is 7.31. The Kier molecular flexibility index (Phi) is 3.80. The summed E-state index contributed by atoms with van der Waals surface area (Å²) in [6.45, 7) is 1.79. The molecule has 0 bridgehead atoms. The van der Waals surface area contributed by atoms with Crippen molar-refractivity contribution in [2.75, 3.05) is 10.6 Å².